The fourth-order valence-corrected chi connectivity index (χ4v) is 5.16. The number of anilines is 2. The van der Waals surface area contributed by atoms with Crippen LogP contribution in [-0.2, 0) is 0 Å². The van der Waals surface area contributed by atoms with E-state index in [0.717, 1.165) is 28.9 Å². The zero-order valence-electron chi connectivity index (χ0n) is 17.0. The zero-order chi connectivity index (χ0) is 21.5. The quantitative estimate of drug-likeness (QED) is 0.410. The molecule has 1 aliphatic carbocycles. The molecule has 0 spiro atoms. The minimum Gasteiger partial charge on any atom is -0.378 e. The van der Waals surface area contributed by atoms with E-state index in [9.17, 15) is 4.79 Å². The minimum atomic E-state index is -0.102. The lowest BCUT2D eigenvalue weighted by atomic mass is 9.77. The summed E-state index contributed by atoms with van der Waals surface area (Å²) in [6, 6.07) is 19.5. The summed E-state index contributed by atoms with van der Waals surface area (Å²) < 4.78 is 0. The van der Waals surface area contributed by atoms with E-state index in [-0.39, 0.29) is 17.9 Å². The summed E-state index contributed by atoms with van der Waals surface area (Å²) in [6.07, 6.45) is 5.46. The van der Waals surface area contributed by atoms with Gasteiger partial charge in [-0.25, -0.2) is 0 Å². The molecule has 2 aliphatic rings. The van der Waals surface area contributed by atoms with Crippen molar-refractivity contribution in [2.75, 3.05) is 10.6 Å². The standard InChI is InChI=1S/C26H22Cl2N2O/c1-15-5-2-6-16(13-15)26(31)29-17-11-12-23-21(14-17)18-7-3-8-19(18)25(30-23)20-9-4-10-22(27)24(20)28/h2-7,9-14,18-19,25,30H,8H2,1H3,(H,29,31). The number of fused-ring (bicyclic) bond motifs is 3. The molecular formula is C26H22Cl2N2O. The van der Waals surface area contributed by atoms with Crippen molar-refractivity contribution in [2.24, 2.45) is 5.92 Å². The van der Waals surface area contributed by atoms with Crippen molar-refractivity contribution < 1.29 is 4.79 Å². The molecule has 0 bridgehead atoms. The minimum absolute atomic E-state index is 0.0754. The number of carbonyl (C=O) groups excluding carboxylic acids is 1. The molecule has 0 saturated carbocycles. The SMILES string of the molecule is Cc1cccc(C(=O)Nc2ccc3c(c2)C2C=CCC2C(c2cccc(Cl)c2Cl)N3)c1. The first-order valence-electron chi connectivity index (χ1n) is 10.4. The number of allylic oxidation sites excluding steroid dienone is 2. The molecule has 3 nitrogen and oxygen atoms in total. The first kappa shape index (κ1) is 20.2. The molecule has 0 aromatic heterocycles. The first-order valence-corrected chi connectivity index (χ1v) is 11.2. The van der Waals surface area contributed by atoms with Gasteiger partial charge in [0.05, 0.1) is 16.1 Å². The highest BCUT2D eigenvalue weighted by molar-refractivity contribution is 6.42. The Bertz CT molecular complexity index is 1200. The van der Waals surface area contributed by atoms with Gasteiger partial charge < -0.3 is 10.6 Å². The van der Waals surface area contributed by atoms with Crippen molar-refractivity contribution in [3.63, 3.8) is 0 Å². The van der Waals surface area contributed by atoms with Crippen LogP contribution in [0.15, 0.2) is 72.8 Å². The van der Waals surface area contributed by atoms with Crippen LogP contribution in [0.5, 0.6) is 0 Å². The van der Waals surface area contributed by atoms with E-state index >= 15 is 0 Å². The summed E-state index contributed by atoms with van der Waals surface area (Å²) >= 11 is 12.8. The Morgan fingerprint density at radius 2 is 1.87 bits per heavy atom. The molecule has 1 amide bonds. The van der Waals surface area contributed by atoms with E-state index in [0.29, 0.717) is 21.5 Å². The van der Waals surface area contributed by atoms with Crippen molar-refractivity contribution >= 4 is 40.5 Å². The maximum Gasteiger partial charge on any atom is 0.255 e. The largest absolute Gasteiger partial charge is 0.378 e. The molecule has 5 heteroatoms. The average molecular weight is 449 g/mol. The molecule has 2 N–H and O–H groups in total. The normalized spacial score (nSPS) is 21.2. The number of benzene rings is 3. The van der Waals surface area contributed by atoms with Crippen LogP contribution in [0.25, 0.3) is 0 Å². The molecule has 1 aliphatic heterocycles. The Morgan fingerprint density at radius 3 is 2.71 bits per heavy atom. The predicted molar refractivity (Wildman–Crippen MR) is 128 cm³/mol. The second-order valence-corrected chi connectivity index (χ2v) is 9.03. The second kappa shape index (κ2) is 8.07. The van der Waals surface area contributed by atoms with Crippen LogP contribution in [0.1, 0.15) is 45.4 Å². The van der Waals surface area contributed by atoms with E-state index in [1.54, 1.807) is 0 Å². The van der Waals surface area contributed by atoms with Gasteiger partial charge in [-0.2, -0.15) is 0 Å². The molecule has 31 heavy (non-hydrogen) atoms. The van der Waals surface area contributed by atoms with E-state index in [1.807, 2.05) is 61.5 Å². The fraction of sp³-hybridized carbons (Fsp3) is 0.192. The van der Waals surface area contributed by atoms with Gasteiger partial charge in [-0.1, -0.05) is 65.2 Å². The summed E-state index contributed by atoms with van der Waals surface area (Å²) in [5.41, 5.74) is 5.79. The molecule has 3 aromatic carbocycles. The smallest absolute Gasteiger partial charge is 0.255 e. The number of rotatable bonds is 3. The van der Waals surface area contributed by atoms with E-state index in [4.69, 9.17) is 23.2 Å². The van der Waals surface area contributed by atoms with Gasteiger partial charge in [-0.05, 0) is 66.8 Å². The Morgan fingerprint density at radius 1 is 1.03 bits per heavy atom. The molecule has 3 aromatic rings. The lowest BCUT2D eigenvalue weighted by molar-refractivity contribution is 0.102. The lowest BCUT2D eigenvalue weighted by Gasteiger charge is -2.38. The van der Waals surface area contributed by atoms with Gasteiger partial charge in [-0.3, -0.25) is 4.79 Å². The van der Waals surface area contributed by atoms with E-state index in [2.05, 4.69) is 28.9 Å². The Balaban J connectivity index is 1.46. The predicted octanol–water partition coefficient (Wildman–Crippen LogP) is 7.38. The van der Waals surface area contributed by atoms with Crippen molar-refractivity contribution in [1.29, 1.82) is 0 Å². The summed E-state index contributed by atoms with van der Waals surface area (Å²) in [5.74, 6) is 0.493. The summed E-state index contributed by atoms with van der Waals surface area (Å²) in [7, 11) is 0. The number of aryl methyl sites for hydroxylation is 1. The lowest BCUT2D eigenvalue weighted by Crippen LogP contribution is -2.29. The van der Waals surface area contributed by atoms with Crippen LogP contribution in [-0.4, -0.2) is 5.91 Å². The highest BCUT2D eigenvalue weighted by Crippen LogP contribution is 2.51. The molecule has 0 fully saturated rings. The summed E-state index contributed by atoms with van der Waals surface area (Å²) in [4.78, 5) is 12.7. The molecule has 0 saturated heterocycles. The molecule has 3 atom stereocenters. The highest BCUT2D eigenvalue weighted by Gasteiger charge is 2.39. The van der Waals surface area contributed by atoms with Crippen LogP contribution in [0, 0.1) is 12.8 Å². The third kappa shape index (κ3) is 3.73. The van der Waals surface area contributed by atoms with Crippen molar-refractivity contribution in [3.8, 4) is 0 Å². The first-order chi connectivity index (χ1) is 15.0. The van der Waals surface area contributed by atoms with Gasteiger partial charge in [-0.15, -0.1) is 0 Å². The molecule has 5 rings (SSSR count). The summed E-state index contributed by atoms with van der Waals surface area (Å²) in [5, 5.41) is 7.90. The molecule has 0 radical (unpaired) electrons. The van der Waals surface area contributed by atoms with Crippen LogP contribution in [0.4, 0.5) is 11.4 Å². The monoisotopic (exact) mass is 448 g/mol. The topological polar surface area (TPSA) is 41.1 Å². The fourth-order valence-electron chi connectivity index (χ4n) is 4.73. The number of hydrogen-bond acceptors (Lipinski definition) is 2. The zero-order valence-corrected chi connectivity index (χ0v) is 18.5. The number of carbonyl (C=O) groups is 1. The van der Waals surface area contributed by atoms with E-state index in [1.165, 1.54) is 5.56 Å². The van der Waals surface area contributed by atoms with Crippen molar-refractivity contribution in [3.05, 3.63) is 105 Å². The van der Waals surface area contributed by atoms with Crippen molar-refractivity contribution in [1.82, 2.24) is 0 Å². The number of hydrogen-bond donors (Lipinski definition) is 2. The third-order valence-electron chi connectivity index (χ3n) is 6.22. The molecule has 156 valence electrons. The number of halogens is 2. The maximum atomic E-state index is 12.7. The van der Waals surface area contributed by atoms with Crippen LogP contribution < -0.4 is 10.6 Å². The van der Waals surface area contributed by atoms with Gasteiger partial charge in [0.1, 0.15) is 0 Å². The third-order valence-corrected chi connectivity index (χ3v) is 7.05. The number of amides is 1. The van der Waals surface area contributed by atoms with Gasteiger partial charge in [0.15, 0.2) is 0 Å². The van der Waals surface area contributed by atoms with Crippen molar-refractivity contribution in [2.45, 2.75) is 25.3 Å². The summed E-state index contributed by atoms with van der Waals surface area (Å²) in [6.45, 7) is 1.98. The number of nitrogens with one attached hydrogen (secondary N) is 2. The Labute approximate surface area is 192 Å². The second-order valence-electron chi connectivity index (χ2n) is 8.24. The van der Waals surface area contributed by atoms with Crippen LogP contribution in [0.2, 0.25) is 10.0 Å². The van der Waals surface area contributed by atoms with Gasteiger partial charge in [0.2, 0.25) is 0 Å². The molecular weight excluding hydrogens is 427 g/mol. The average Bonchev–Trinajstić information content (AvgIpc) is 3.26. The van der Waals surface area contributed by atoms with Gasteiger partial charge in [0.25, 0.3) is 5.91 Å². The Hall–Kier alpha value is -2.75. The highest BCUT2D eigenvalue weighted by atomic mass is 35.5. The maximum absolute atomic E-state index is 12.7. The Kier molecular flexibility index (Phi) is 5.25. The van der Waals surface area contributed by atoms with E-state index < -0.39 is 0 Å². The van der Waals surface area contributed by atoms with Crippen LogP contribution >= 0.6 is 23.2 Å². The van der Waals surface area contributed by atoms with Gasteiger partial charge in [0, 0.05) is 22.9 Å². The van der Waals surface area contributed by atoms with Crippen LogP contribution in [0.3, 0.4) is 0 Å². The molecule has 3 unspecified atom stereocenters. The molecule has 1 heterocycles. The van der Waals surface area contributed by atoms with Gasteiger partial charge >= 0.3 is 0 Å².